The summed E-state index contributed by atoms with van der Waals surface area (Å²) >= 11 is 0. The van der Waals surface area contributed by atoms with Crippen LogP contribution < -0.4 is 5.32 Å². The first-order chi connectivity index (χ1) is 11.6. The van der Waals surface area contributed by atoms with Gasteiger partial charge in [0.15, 0.2) is 0 Å². The van der Waals surface area contributed by atoms with E-state index in [0.717, 1.165) is 25.9 Å². The van der Waals surface area contributed by atoms with Gasteiger partial charge in [0.2, 0.25) is 0 Å². The Balaban J connectivity index is 1.61. The monoisotopic (exact) mass is 328 g/mol. The van der Waals surface area contributed by atoms with Gasteiger partial charge in [0.05, 0.1) is 12.4 Å². The van der Waals surface area contributed by atoms with E-state index in [9.17, 15) is 9.18 Å². The Morgan fingerprint density at radius 1 is 1.33 bits per heavy atom. The summed E-state index contributed by atoms with van der Waals surface area (Å²) in [5, 5.41) is 3.02. The Labute approximate surface area is 140 Å². The molecule has 1 fully saturated rings. The second-order valence-corrected chi connectivity index (χ2v) is 6.23. The van der Waals surface area contributed by atoms with Crippen LogP contribution in [0.15, 0.2) is 36.7 Å². The zero-order chi connectivity index (χ0) is 16.9. The number of nitrogens with zero attached hydrogens (tertiary/aromatic N) is 3. The number of piperidine rings is 1. The minimum atomic E-state index is -0.260. The van der Waals surface area contributed by atoms with Crippen molar-refractivity contribution in [3.05, 3.63) is 53.7 Å². The highest BCUT2D eigenvalue weighted by Crippen LogP contribution is 2.17. The number of benzene rings is 1. The molecule has 1 unspecified atom stereocenters. The van der Waals surface area contributed by atoms with Gasteiger partial charge >= 0.3 is 0 Å². The molecule has 0 bridgehead atoms. The largest absolute Gasteiger partial charge is 0.365 e. The Morgan fingerprint density at radius 3 is 2.88 bits per heavy atom. The van der Waals surface area contributed by atoms with E-state index in [1.54, 1.807) is 18.2 Å². The Hall–Kier alpha value is -2.50. The van der Waals surface area contributed by atoms with Crippen molar-refractivity contribution in [1.29, 1.82) is 0 Å². The van der Waals surface area contributed by atoms with E-state index >= 15 is 0 Å². The van der Waals surface area contributed by atoms with Crippen molar-refractivity contribution in [2.24, 2.45) is 5.92 Å². The first-order valence-electron chi connectivity index (χ1n) is 8.22. The van der Waals surface area contributed by atoms with Crippen LogP contribution in [0.2, 0.25) is 0 Å². The third kappa shape index (κ3) is 3.88. The van der Waals surface area contributed by atoms with Crippen LogP contribution in [0.3, 0.4) is 0 Å². The summed E-state index contributed by atoms with van der Waals surface area (Å²) in [5.41, 5.74) is 0.905. The lowest BCUT2D eigenvalue weighted by molar-refractivity contribution is 0.0676. The third-order valence-electron chi connectivity index (χ3n) is 4.23. The maximum atomic E-state index is 13.6. The zero-order valence-electron chi connectivity index (χ0n) is 13.7. The maximum Gasteiger partial charge on any atom is 0.274 e. The molecule has 6 heteroatoms. The molecule has 5 nitrogen and oxygen atoms in total. The van der Waals surface area contributed by atoms with Crippen molar-refractivity contribution in [2.75, 3.05) is 18.4 Å². The first kappa shape index (κ1) is 16.4. The fraction of sp³-hybridized carbons (Fsp3) is 0.389. The predicted octanol–water partition coefficient (Wildman–Crippen LogP) is 3.10. The van der Waals surface area contributed by atoms with Crippen LogP contribution in [-0.2, 0) is 6.54 Å². The van der Waals surface area contributed by atoms with Crippen molar-refractivity contribution in [1.82, 2.24) is 14.9 Å². The van der Waals surface area contributed by atoms with Crippen LogP contribution in [0, 0.1) is 11.7 Å². The molecule has 0 saturated carbocycles. The zero-order valence-corrected chi connectivity index (χ0v) is 13.7. The highest BCUT2D eigenvalue weighted by Gasteiger charge is 2.23. The van der Waals surface area contributed by atoms with Gasteiger partial charge in [-0.05, 0) is 24.8 Å². The van der Waals surface area contributed by atoms with Crippen LogP contribution in [0.1, 0.15) is 35.8 Å². The number of hydrogen-bond acceptors (Lipinski definition) is 4. The van der Waals surface area contributed by atoms with Gasteiger partial charge < -0.3 is 10.2 Å². The van der Waals surface area contributed by atoms with E-state index in [2.05, 4.69) is 22.2 Å². The van der Waals surface area contributed by atoms with E-state index in [1.165, 1.54) is 18.5 Å². The maximum absolute atomic E-state index is 13.6. The number of anilines is 1. The Morgan fingerprint density at radius 2 is 2.17 bits per heavy atom. The number of carbonyl (C=O) groups is 1. The standard InChI is InChI=1S/C18H21FN4O/c1-13-5-4-8-23(12-13)18(24)16-10-22-17(11-20-16)21-9-14-6-2-3-7-15(14)19/h2-3,6-7,10-11,13H,4-5,8-9,12H2,1H3,(H,21,22). The summed E-state index contributed by atoms with van der Waals surface area (Å²) in [5.74, 6) is 0.706. The molecule has 0 spiro atoms. The Bertz CT molecular complexity index is 704. The van der Waals surface area contributed by atoms with Gasteiger partial charge in [0.1, 0.15) is 17.3 Å². The molecular weight excluding hydrogens is 307 g/mol. The molecule has 2 aromatic rings. The summed E-state index contributed by atoms with van der Waals surface area (Å²) in [6, 6.07) is 6.57. The summed E-state index contributed by atoms with van der Waals surface area (Å²) in [4.78, 5) is 22.7. The van der Waals surface area contributed by atoms with Crippen LogP contribution in [-0.4, -0.2) is 33.9 Å². The smallest absolute Gasteiger partial charge is 0.274 e. The molecule has 24 heavy (non-hydrogen) atoms. The number of carbonyl (C=O) groups excluding carboxylic acids is 1. The number of amides is 1. The lowest BCUT2D eigenvalue weighted by atomic mass is 10.0. The molecule has 1 aliphatic rings. The fourth-order valence-corrected chi connectivity index (χ4v) is 2.89. The van der Waals surface area contributed by atoms with Crippen molar-refractivity contribution >= 4 is 11.7 Å². The van der Waals surface area contributed by atoms with Crippen LogP contribution in [0.25, 0.3) is 0 Å². The molecule has 1 N–H and O–H groups in total. The van der Waals surface area contributed by atoms with Gasteiger partial charge in [0.25, 0.3) is 5.91 Å². The topological polar surface area (TPSA) is 58.1 Å². The van der Waals surface area contributed by atoms with Crippen molar-refractivity contribution in [3.63, 3.8) is 0 Å². The van der Waals surface area contributed by atoms with E-state index < -0.39 is 0 Å². The van der Waals surface area contributed by atoms with Gasteiger partial charge in [-0.3, -0.25) is 4.79 Å². The molecule has 1 aliphatic heterocycles. The number of nitrogens with one attached hydrogen (secondary N) is 1. The predicted molar refractivity (Wildman–Crippen MR) is 90.1 cm³/mol. The molecule has 0 radical (unpaired) electrons. The van der Waals surface area contributed by atoms with Gasteiger partial charge in [0, 0.05) is 25.2 Å². The number of aromatic nitrogens is 2. The van der Waals surface area contributed by atoms with Crippen molar-refractivity contribution in [2.45, 2.75) is 26.3 Å². The SMILES string of the molecule is CC1CCCN(C(=O)c2cnc(NCc3ccccc3F)cn2)C1. The molecule has 126 valence electrons. The van der Waals surface area contributed by atoms with E-state index in [4.69, 9.17) is 0 Å². The Kier molecular flexibility index (Phi) is 5.03. The average molecular weight is 328 g/mol. The number of hydrogen-bond donors (Lipinski definition) is 1. The summed E-state index contributed by atoms with van der Waals surface area (Å²) in [7, 11) is 0. The highest BCUT2D eigenvalue weighted by atomic mass is 19.1. The van der Waals surface area contributed by atoms with Gasteiger partial charge in [-0.2, -0.15) is 0 Å². The molecule has 1 aromatic carbocycles. The van der Waals surface area contributed by atoms with Crippen LogP contribution in [0.4, 0.5) is 10.2 Å². The first-order valence-corrected chi connectivity index (χ1v) is 8.22. The number of halogens is 1. The molecule has 3 rings (SSSR count). The second kappa shape index (κ2) is 7.38. The summed E-state index contributed by atoms with van der Waals surface area (Å²) < 4.78 is 13.6. The lowest BCUT2D eigenvalue weighted by Crippen LogP contribution is -2.39. The molecule has 1 amide bonds. The van der Waals surface area contributed by atoms with Crippen molar-refractivity contribution < 1.29 is 9.18 Å². The summed E-state index contributed by atoms with van der Waals surface area (Å²) in [6.45, 7) is 4.02. The minimum Gasteiger partial charge on any atom is -0.365 e. The molecule has 1 saturated heterocycles. The van der Waals surface area contributed by atoms with Gasteiger partial charge in [-0.15, -0.1) is 0 Å². The van der Waals surface area contributed by atoms with Gasteiger partial charge in [-0.1, -0.05) is 25.1 Å². The van der Waals surface area contributed by atoms with E-state index in [0.29, 0.717) is 29.5 Å². The molecule has 1 aromatic heterocycles. The molecular formula is C18H21FN4O. The third-order valence-corrected chi connectivity index (χ3v) is 4.23. The number of likely N-dealkylation sites (tertiary alicyclic amines) is 1. The van der Waals surface area contributed by atoms with E-state index in [-0.39, 0.29) is 11.7 Å². The average Bonchev–Trinajstić information content (AvgIpc) is 2.61. The van der Waals surface area contributed by atoms with Gasteiger partial charge in [-0.25, -0.2) is 14.4 Å². The summed E-state index contributed by atoms with van der Waals surface area (Å²) in [6.07, 6.45) is 5.18. The number of rotatable bonds is 4. The van der Waals surface area contributed by atoms with Crippen molar-refractivity contribution in [3.8, 4) is 0 Å². The molecule has 0 aliphatic carbocycles. The molecule has 1 atom stereocenters. The highest BCUT2D eigenvalue weighted by molar-refractivity contribution is 5.92. The quantitative estimate of drug-likeness (QED) is 0.937. The van der Waals surface area contributed by atoms with E-state index in [1.807, 2.05) is 4.90 Å². The lowest BCUT2D eigenvalue weighted by Gasteiger charge is -2.30. The molecule has 2 heterocycles. The minimum absolute atomic E-state index is 0.0743. The normalized spacial score (nSPS) is 17.6. The van der Waals surface area contributed by atoms with Crippen LogP contribution in [0.5, 0.6) is 0 Å². The fourth-order valence-electron chi connectivity index (χ4n) is 2.89. The van der Waals surface area contributed by atoms with Crippen LogP contribution >= 0.6 is 0 Å². The second-order valence-electron chi connectivity index (χ2n) is 6.23.